The summed E-state index contributed by atoms with van der Waals surface area (Å²) in [6.45, 7) is 6.13. The molecule has 1 fully saturated rings. The van der Waals surface area contributed by atoms with Crippen molar-refractivity contribution in [2.45, 2.75) is 56.7 Å². The number of nitrogens with two attached hydrogens (primary N) is 1. The molecule has 0 aromatic carbocycles. The summed E-state index contributed by atoms with van der Waals surface area (Å²) in [5.74, 6) is 0. The summed E-state index contributed by atoms with van der Waals surface area (Å²) in [5.41, 5.74) is 6.36. The molecule has 2 rings (SSSR count). The fourth-order valence-corrected chi connectivity index (χ4v) is 5.06. The molecule has 5 nitrogen and oxygen atoms in total. The van der Waals surface area contributed by atoms with Gasteiger partial charge in [0.1, 0.15) is 0 Å². The highest BCUT2D eigenvalue weighted by molar-refractivity contribution is 7.91. The number of nitrogens with one attached hydrogen (secondary N) is 1. The second-order valence-electron chi connectivity index (χ2n) is 5.98. The first kappa shape index (κ1) is 14.7. The third kappa shape index (κ3) is 3.46. The summed E-state index contributed by atoms with van der Waals surface area (Å²) < 4.78 is 27.6. The molecule has 0 spiro atoms. The van der Waals surface area contributed by atoms with E-state index in [-0.39, 0.29) is 10.3 Å². The van der Waals surface area contributed by atoms with E-state index in [2.05, 4.69) is 23.6 Å². The molecule has 1 aromatic rings. The molecule has 0 atom stereocenters. The number of rotatable bonds is 3. The maximum Gasteiger partial charge on any atom is 0.252 e. The zero-order chi connectivity index (χ0) is 14.3. The minimum absolute atomic E-state index is 0.0285. The van der Waals surface area contributed by atoms with Crippen molar-refractivity contribution in [2.24, 2.45) is 5.41 Å². The van der Waals surface area contributed by atoms with Crippen molar-refractivity contribution in [1.82, 2.24) is 9.71 Å². The van der Waals surface area contributed by atoms with E-state index in [0.717, 1.165) is 37.0 Å². The molecular formula is C12H21N3O2S2. The molecule has 0 bridgehead atoms. The van der Waals surface area contributed by atoms with Crippen LogP contribution in [0.5, 0.6) is 0 Å². The van der Waals surface area contributed by atoms with Crippen LogP contribution < -0.4 is 10.5 Å². The molecule has 0 radical (unpaired) electrons. The van der Waals surface area contributed by atoms with Gasteiger partial charge in [0.05, 0.1) is 5.69 Å². The van der Waals surface area contributed by atoms with Crippen molar-refractivity contribution in [3.05, 3.63) is 5.69 Å². The van der Waals surface area contributed by atoms with Crippen LogP contribution in [-0.4, -0.2) is 19.4 Å². The summed E-state index contributed by atoms with van der Waals surface area (Å²) in [6, 6.07) is 0.0285. The molecular weight excluding hydrogens is 282 g/mol. The number of aromatic nitrogens is 1. The maximum absolute atomic E-state index is 12.3. The van der Waals surface area contributed by atoms with E-state index in [1.165, 1.54) is 0 Å². The van der Waals surface area contributed by atoms with Gasteiger partial charge >= 0.3 is 0 Å². The van der Waals surface area contributed by atoms with Crippen LogP contribution in [0.3, 0.4) is 0 Å². The van der Waals surface area contributed by atoms with E-state index in [9.17, 15) is 8.42 Å². The highest BCUT2D eigenvalue weighted by Gasteiger charge is 2.31. The first-order chi connectivity index (χ1) is 8.70. The Labute approximate surface area is 118 Å². The molecule has 1 aliphatic rings. The molecule has 7 heteroatoms. The Bertz CT molecular complexity index is 554. The van der Waals surface area contributed by atoms with Gasteiger partial charge < -0.3 is 5.73 Å². The Kier molecular flexibility index (Phi) is 3.90. The number of anilines is 1. The fourth-order valence-electron chi connectivity index (χ4n) is 2.44. The molecule has 108 valence electrons. The molecule has 0 unspecified atom stereocenters. The number of nitrogens with zero attached hydrogens (tertiary/aromatic N) is 1. The SMILES string of the molecule is Cc1nc(N)sc1S(=O)(=O)NC1CCC(C)(C)CC1. The maximum atomic E-state index is 12.3. The zero-order valence-electron chi connectivity index (χ0n) is 11.6. The Morgan fingerprint density at radius 1 is 1.37 bits per heavy atom. The Hall–Kier alpha value is -0.660. The van der Waals surface area contributed by atoms with Gasteiger partial charge in [-0.05, 0) is 38.0 Å². The van der Waals surface area contributed by atoms with Crippen LogP contribution in [0.1, 0.15) is 45.2 Å². The molecule has 1 aliphatic carbocycles. The number of hydrogen-bond donors (Lipinski definition) is 2. The third-order valence-corrected chi connectivity index (χ3v) is 6.79. The minimum atomic E-state index is -3.48. The quantitative estimate of drug-likeness (QED) is 0.897. The third-order valence-electron chi connectivity index (χ3n) is 3.68. The van der Waals surface area contributed by atoms with Gasteiger partial charge in [0.2, 0.25) is 0 Å². The van der Waals surface area contributed by atoms with Gasteiger partial charge in [0.15, 0.2) is 9.34 Å². The standard InChI is InChI=1S/C12H21N3O2S2/c1-8-10(18-11(13)14-8)19(16,17)15-9-4-6-12(2,3)7-5-9/h9,15H,4-7H2,1-3H3,(H2,13,14). The first-order valence-corrected chi connectivity index (χ1v) is 8.75. The van der Waals surface area contributed by atoms with Gasteiger partial charge in [-0.3, -0.25) is 0 Å². The lowest BCUT2D eigenvalue weighted by Crippen LogP contribution is -2.39. The lowest BCUT2D eigenvalue weighted by Gasteiger charge is -2.34. The van der Waals surface area contributed by atoms with Crippen LogP contribution in [-0.2, 0) is 10.0 Å². The number of nitrogen functional groups attached to an aromatic ring is 1. The number of sulfonamides is 1. The lowest BCUT2D eigenvalue weighted by atomic mass is 9.76. The predicted octanol–water partition coefficient (Wildman–Crippen LogP) is 2.28. The lowest BCUT2D eigenvalue weighted by molar-refractivity contribution is 0.218. The van der Waals surface area contributed by atoms with Gasteiger partial charge in [0.25, 0.3) is 10.0 Å². The molecule has 1 heterocycles. The van der Waals surface area contributed by atoms with Gasteiger partial charge in [-0.15, -0.1) is 0 Å². The second kappa shape index (κ2) is 5.03. The van der Waals surface area contributed by atoms with Crippen LogP contribution in [0.4, 0.5) is 5.13 Å². The summed E-state index contributed by atoms with van der Waals surface area (Å²) in [7, 11) is -3.48. The molecule has 0 amide bonds. The summed E-state index contributed by atoms with van der Waals surface area (Å²) >= 11 is 1.03. The van der Waals surface area contributed by atoms with Crippen molar-refractivity contribution in [3.8, 4) is 0 Å². The smallest absolute Gasteiger partial charge is 0.252 e. The van der Waals surface area contributed by atoms with E-state index in [4.69, 9.17) is 5.73 Å². The van der Waals surface area contributed by atoms with E-state index in [1.54, 1.807) is 6.92 Å². The van der Waals surface area contributed by atoms with Crippen molar-refractivity contribution >= 4 is 26.5 Å². The number of thiazole rings is 1. The van der Waals surface area contributed by atoms with Crippen molar-refractivity contribution in [2.75, 3.05) is 5.73 Å². The van der Waals surface area contributed by atoms with Gasteiger partial charge in [-0.2, -0.15) is 0 Å². The molecule has 1 aromatic heterocycles. The zero-order valence-corrected chi connectivity index (χ0v) is 13.2. The van der Waals surface area contributed by atoms with Crippen LogP contribution in [0.2, 0.25) is 0 Å². The highest BCUT2D eigenvalue weighted by atomic mass is 32.2. The monoisotopic (exact) mass is 303 g/mol. The van der Waals surface area contributed by atoms with Gasteiger partial charge in [-0.25, -0.2) is 18.1 Å². The predicted molar refractivity (Wildman–Crippen MR) is 77.6 cm³/mol. The van der Waals surface area contributed by atoms with E-state index >= 15 is 0 Å². The Morgan fingerprint density at radius 3 is 2.42 bits per heavy atom. The number of aryl methyl sites for hydroxylation is 1. The Morgan fingerprint density at radius 2 is 1.95 bits per heavy atom. The molecule has 3 N–H and O–H groups in total. The molecule has 0 aliphatic heterocycles. The minimum Gasteiger partial charge on any atom is -0.375 e. The van der Waals surface area contributed by atoms with Crippen LogP contribution in [0.15, 0.2) is 4.21 Å². The van der Waals surface area contributed by atoms with Crippen LogP contribution in [0.25, 0.3) is 0 Å². The molecule has 19 heavy (non-hydrogen) atoms. The van der Waals surface area contributed by atoms with Crippen molar-refractivity contribution in [1.29, 1.82) is 0 Å². The van der Waals surface area contributed by atoms with Gasteiger partial charge in [-0.1, -0.05) is 25.2 Å². The Balaban J connectivity index is 2.09. The first-order valence-electron chi connectivity index (χ1n) is 6.45. The van der Waals surface area contributed by atoms with E-state index in [0.29, 0.717) is 16.2 Å². The van der Waals surface area contributed by atoms with E-state index in [1.807, 2.05) is 0 Å². The van der Waals surface area contributed by atoms with Crippen LogP contribution >= 0.6 is 11.3 Å². The highest BCUT2D eigenvalue weighted by Crippen LogP contribution is 2.36. The number of hydrogen-bond acceptors (Lipinski definition) is 5. The van der Waals surface area contributed by atoms with Crippen molar-refractivity contribution in [3.63, 3.8) is 0 Å². The van der Waals surface area contributed by atoms with Gasteiger partial charge in [0, 0.05) is 6.04 Å². The summed E-state index contributed by atoms with van der Waals surface area (Å²) in [4.78, 5) is 3.97. The average molecular weight is 303 g/mol. The topological polar surface area (TPSA) is 85.1 Å². The summed E-state index contributed by atoms with van der Waals surface area (Å²) in [5, 5.41) is 0.294. The largest absolute Gasteiger partial charge is 0.375 e. The normalized spacial score (nSPS) is 20.6. The average Bonchev–Trinajstić information content (AvgIpc) is 2.62. The summed E-state index contributed by atoms with van der Waals surface area (Å²) in [6.07, 6.45) is 3.87. The second-order valence-corrected chi connectivity index (χ2v) is 8.92. The molecule has 1 saturated carbocycles. The molecule has 0 saturated heterocycles. The van der Waals surface area contributed by atoms with Crippen molar-refractivity contribution < 1.29 is 8.42 Å². The van der Waals surface area contributed by atoms with E-state index < -0.39 is 10.0 Å². The fraction of sp³-hybridized carbons (Fsp3) is 0.750. The van der Waals surface area contributed by atoms with Crippen LogP contribution in [0, 0.1) is 12.3 Å².